The molecular formula is C21H28ClN2O+. The summed E-state index contributed by atoms with van der Waals surface area (Å²) < 4.78 is 0. The van der Waals surface area contributed by atoms with Gasteiger partial charge in [0, 0.05) is 17.1 Å². The van der Waals surface area contributed by atoms with Gasteiger partial charge in [0.1, 0.15) is 6.54 Å². The molecule has 0 heterocycles. The second-order valence-electron chi connectivity index (χ2n) is 7.19. The number of carbonyl (C=O) groups excluding carboxylic acids is 1. The Bertz CT molecular complexity index is 678. The molecule has 1 amide bonds. The molecular weight excluding hydrogens is 332 g/mol. The largest absolute Gasteiger partial charge is 0.351 e. The molecule has 2 N–H and O–H groups in total. The first-order chi connectivity index (χ1) is 11.9. The van der Waals surface area contributed by atoms with Gasteiger partial charge in [-0.05, 0) is 29.2 Å². The Morgan fingerprint density at radius 1 is 1.00 bits per heavy atom. The van der Waals surface area contributed by atoms with Crippen LogP contribution in [0.25, 0.3) is 0 Å². The van der Waals surface area contributed by atoms with Gasteiger partial charge in [-0.25, -0.2) is 0 Å². The van der Waals surface area contributed by atoms with Gasteiger partial charge in [-0.15, -0.1) is 0 Å². The maximum absolute atomic E-state index is 12.7. The van der Waals surface area contributed by atoms with Crippen molar-refractivity contribution in [1.82, 2.24) is 5.32 Å². The van der Waals surface area contributed by atoms with Crippen molar-refractivity contribution in [3.05, 3.63) is 70.2 Å². The molecule has 2 aromatic carbocycles. The number of amides is 1. The molecule has 3 nitrogen and oxygen atoms in total. The Balaban J connectivity index is 2.00. The summed E-state index contributed by atoms with van der Waals surface area (Å²) in [6.45, 7) is 5.68. The monoisotopic (exact) mass is 359 g/mol. The maximum Gasteiger partial charge on any atom is 0.228 e. The fourth-order valence-electron chi connectivity index (χ4n) is 2.99. The number of hydrogen-bond donors (Lipinski definition) is 2. The molecule has 0 spiro atoms. The van der Waals surface area contributed by atoms with E-state index >= 15 is 0 Å². The summed E-state index contributed by atoms with van der Waals surface area (Å²) in [6.07, 6.45) is 0. The van der Waals surface area contributed by atoms with E-state index in [4.69, 9.17) is 11.6 Å². The van der Waals surface area contributed by atoms with E-state index in [0.29, 0.717) is 11.6 Å². The van der Waals surface area contributed by atoms with Crippen molar-refractivity contribution >= 4 is 17.5 Å². The third kappa shape index (κ3) is 5.87. The molecule has 0 aliphatic rings. The molecule has 0 unspecified atom stereocenters. The van der Waals surface area contributed by atoms with Crippen LogP contribution >= 0.6 is 11.6 Å². The van der Waals surface area contributed by atoms with Crippen LogP contribution in [-0.2, 0) is 17.9 Å². The zero-order chi connectivity index (χ0) is 18.4. The Hall–Kier alpha value is -1.84. The molecule has 0 saturated heterocycles. The molecule has 2 rings (SSSR count). The highest BCUT2D eigenvalue weighted by atomic mass is 35.5. The minimum absolute atomic E-state index is 0.0548. The molecule has 4 heteroatoms. The van der Waals surface area contributed by atoms with Gasteiger partial charge < -0.3 is 10.2 Å². The quantitative estimate of drug-likeness (QED) is 0.782. The molecule has 2 aromatic rings. The summed E-state index contributed by atoms with van der Waals surface area (Å²) in [5.41, 5.74) is 3.42. The number of hydrogen-bond acceptors (Lipinski definition) is 1. The van der Waals surface area contributed by atoms with E-state index in [1.807, 2.05) is 24.3 Å². The van der Waals surface area contributed by atoms with Gasteiger partial charge in [-0.2, -0.15) is 0 Å². The van der Waals surface area contributed by atoms with Crippen molar-refractivity contribution in [2.75, 3.05) is 14.1 Å². The number of halogens is 1. The number of nitrogens with one attached hydrogen (secondary N) is 2. The molecule has 0 aliphatic heterocycles. The van der Waals surface area contributed by atoms with Crippen LogP contribution < -0.4 is 10.2 Å². The average molecular weight is 360 g/mol. The first kappa shape index (κ1) is 19.5. The average Bonchev–Trinajstić information content (AvgIpc) is 2.55. The highest BCUT2D eigenvalue weighted by molar-refractivity contribution is 6.30. The van der Waals surface area contributed by atoms with Gasteiger partial charge in [0.05, 0.1) is 20.0 Å². The van der Waals surface area contributed by atoms with Crippen molar-refractivity contribution < 1.29 is 9.69 Å². The van der Waals surface area contributed by atoms with E-state index in [-0.39, 0.29) is 17.7 Å². The Morgan fingerprint density at radius 3 is 2.08 bits per heavy atom. The molecule has 0 radical (unpaired) electrons. The Kier molecular flexibility index (Phi) is 7.03. The minimum Gasteiger partial charge on any atom is -0.351 e. The van der Waals surface area contributed by atoms with Crippen LogP contribution in [0.15, 0.2) is 48.5 Å². The highest BCUT2D eigenvalue weighted by Crippen LogP contribution is 2.26. The van der Waals surface area contributed by atoms with Crippen LogP contribution in [0, 0.1) is 5.92 Å². The van der Waals surface area contributed by atoms with Crippen LogP contribution in [0.1, 0.15) is 36.5 Å². The van der Waals surface area contributed by atoms with E-state index in [0.717, 1.165) is 17.7 Å². The van der Waals surface area contributed by atoms with Crippen molar-refractivity contribution in [2.45, 2.75) is 32.9 Å². The minimum atomic E-state index is -0.172. The van der Waals surface area contributed by atoms with Crippen LogP contribution in [0.4, 0.5) is 0 Å². The normalized spacial score (nSPS) is 12.4. The zero-order valence-electron chi connectivity index (χ0n) is 15.5. The van der Waals surface area contributed by atoms with E-state index in [2.05, 4.69) is 57.5 Å². The van der Waals surface area contributed by atoms with Gasteiger partial charge >= 0.3 is 0 Å². The fourth-order valence-corrected chi connectivity index (χ4v) is 3.12. The predicted molar refractivity (Wildman–Crippen MR) is 104 cm³/mol. The van der Waals surface area contributed by atoms with Gasteiger partial charge in [0.25, 0.3) is 0 Å². The second-order valence-corrected chi connectivity index (χ2v) is 7.63. The number of quaternary nitrogens is 1. The van der Waals surface area contributed by atoms with Crippen molar-refractivity contribution in [3.63, 3.8) is 0 Å². The van der Waals surface area contributed by atoms with Gasteiger partial charge in [-0.3, -0.25) is 4.79 Å². The molecule has 0 saturated carbocycles. The molecule has 0 aliphatic carbocycles. The molecule has 0 bridgehead atoms. The van der Waals surface area contributed by atoms with Gasteiger partial charge in [0.2, 0.25) is 5.91 Å². The lowest BCUT2D eigenvalue weighted by Crippen LogP contribution is -3.04. The highest BCUT2D eigenvalue weighted by Gasteiger charge is 2.23. The molecule has 1 atom stereocenters. The third-order valence-corrected chi connectivity index (χ3v) is 4.48. The van der Waals surface area contributed by atoms with Gasteiger partial charge in [-0.1, -0.05) is 61.8 Å². The van der Waals surface area contributed by atoms with Crippen LogP contribution in [0.2, 0.25) is 5.02 Å². The van der Waals surface area contributed by atoms with Gasteiger partial charge in [0.15, 0.2) is 0 Å². The molecule has 0 aromatic heterocycles. The van der Waals surface area contributed by atoms with Crippen LogP contribution in [-0.4, -0.2) is 20.0 Å². The zero-order valence-corrected chi connectivity index (χ0v) is 16.2. The third-order valence-electron chi connectivity index (χ3n) is 4.23. The van der Waals surface area contributed by atoms with E-state index in [9.17, 15) is 4.79 Å². The molecule has 134 valence electrons. The number of benzene rings is 2. The Morgan fingerprint density at radius 2 is 1.56 bits per heavy atom. The smallest absolute Gasteiger partial charge is 0.228 e. The first-order valence-electron chi connectivity index (χ1n) is 8.77. The summed E-state index contributed by atoms with van der Waals surface area (Å²) in [7, 11) is 4.27. The maximum atomic E-state index is 12.7. The SMILES string of the molecule is CC(C)[C@@H](C(=O)NCc1ccc(C[NH+](C)C)cc1)c1ccc(Cl)cc1. The fraction of sp³-hybridized carbons (Fsp3) is 0.381. The van der Waals surface area contributed by atoms with E-state index in [1.54, 1.807) is 0 Å². The van der Waals surface area contributed by atoms with Crippen molar-refractivity contribution in [3.8, 4) is 0 Å². The lowest BCUT2D eigenvalue weighted by Gasteiger charge is -2.21. The summed E-state index contributed by atoms with van der Waals surface area (Å²) in [5, 5.41) is 3.76. The second kappa shape index (κ2) is 9.02. The summed E-state index contributed by atoms with van der Waals surface area (Å²) >= 11 is 5.96. The summed E-state index contributed by atoms with van der Waals surface area (Å²) in [6, 6.07) is 16.0. The lowest BCUT2D eigenvalue weighted by atomic mass is 9.87. The van der Waals surface area contributed by atoms with Crippen molar-refractivity contribution in [1.29, 1.82) is 0 Å². The lowest BCUT2D eigenvalue weighted by molar-refractivity contribution is -0.872. The van der Waals surface area contributed by atoms with Crippen molar-refractivity contribution in [2.24, 2.45) is 5.92 Å². The summed E-state index contributed by atoms with van der Waals surface area (Å²) in [4.78, 5) is 14.1. The standard InChI is InChI=1S/C21H27ClN2O/c1-15(2)20(18-9-11-19(22)12-10-18)21(25)23-13-16-5-7-17(8-6-16)14-24(3)4/h5-12,15,20H,13-14H2,1-4H3,(H,23,25)/p+1/t20-/m1/s1. The number of carbonyl (C=O) groups is 1. The summed E-state index contributed by atoms with van der Waals surface area (Å²) in [5.74, 6) is 0.0969. The molecule has 0 fully saturated rings. The predicted octanol–water partition coefficient (Wildman–Crippen LogP) is 3.04. The number of rotatable bonds is 7. The van der Waals surface area contributed by atoms with Crippen LogP contribution in [0.5, 0.6) is 0 Å². The first-order valence-corrected chi connectivity index (χ1v) is 9.14. The van der Waals surface area contributed by atoms with Crippen LogP contribution in [0.3, 0.4) is 0 Å². The van der Waals surface area contributed by atoms with E-state index in [1.165, 1.54) is 10.5 Å². The topological polar surface area (TPSA) is 33.5 Å². The van der Waals surface area contributed by atoms with E-state index < -0.39 is 0 Å². The molecule has 25 heavy (non-hydrogen) atoms. The Labute approximate surface area is 156 Å².